The number of carbonyl (C=O) groups is 3. The fraction of sp³-hybridized carbons (Fsp3) is 0.406. The summed E-state index contributed by atoms with van der Waals surface area (Å²) in [5.74, 6) is 0.999. The molecule has 2 atom stereocenters. The number of hydrogen-bond donors (Lipinski definition) is 1. The van der Waals surface area contributed by atoms with Crippen LogP contribution in [0.3, 0.4) is 0 Å². The van der Waals surface area contributed by atoms with Crippen LogP contribution in [-0.4, -0.2) is 77.5 Å². The number of aryl methyl sites for hydroxylation is 1. The molecule has 228 valence electrons. The van der Waals surface area contributed by atoms with Crippen LogP contribution in [0.2, 0.25) is 5.02 Å². The summed E-state index contributed by atoms with van der Waals surface area (Å²) >= 11 is 6.12. The van der Waals surface area contributed by atoms with Gasteiger partial charge in [-0.3, -0.25) is 14.4 Å². The van der Waals surface area contributed by atoms with E-state index in [9.17, 15) is 14.4 Å². The summed E-state index contributed by atoms with van der Waals surface area (Å²) in [6.45, 7) is 5.36. The zero-order valence-electron chi connectivity index (χ0n) is 24.8. The van der Waals surface area contributed by atoms with E-state index in [-0.39, 0.29) is 43.5 Å². The number of halogens is 1. The van der Waals surface area contributed by atoms with E-state index in [1.165, 1.54) is 4.90 Å². The minimum atomic E-state index is -0.482. The van der Waals surface area contributed by atoms with Crippen LogP contribution in [0, 0.1) is 5.92 Å². The lowest BCUT2D eigenvalue weighted by atomic mass is 10.0. The summed E-state index contributed by atoms with van der Waals surface area (Å²) in [6.07, 6.45) is 1.69. The van der Waals surface area contributed by atoms with E-state index < -0.39 is 6.10 Å². The third-order valence-corrected chi connectivity index (χ3v) is 7.63. The van der Waals surface area contributed by atoms with E-state index in [4.69, 9.17) is 25.8 Å². The van der Waals surface area contributed by atoms with E-state index in [1.54, 1.807) is 54.0 Å². The highest BCUT2D eigenvalue weighted by Gasteiger charge is 2.35. The molecule has 2 aliphatic rings. The summed E-state index contributed by atoms with van der Waals surface area (Å²) in [5.41, 5.74) is 1.69. The van der Waals surface area contributed by atoms with Crippen molar-refractivity contribution in [2.45, 2.75) is 39.0 Å². The van der Waals surface area contributed by atoms with Crippen LogP contribution >= 0.6 is 11.6 Å². The van der Waals surface area contributed by atoms with E-state index >= 15 is 0 Å². The van der Waals surface area contributed by atoms with Crippen molar-refractivity contribution < 1.29 is 28.6 Å². The Bertz CT molecular complexity index is 1500. The van der Waals surface area contributed by atoms with Crippen molar-refractivity contribution in [1.82, 2.24) is 19.7 Å². The summed E-state index contributed by atoms with van der Waals surface area (Å²) in [7, 11) is 3.36. The second-order valence-electron chi connectivity index (χ2n) is 11.5. The second kappa shape index (κ2) is 13.1. The lowest BCUT2D eigenvalue weighted by Crippen LogP contribution is -2.57. The molecular weight excluding hydrogens is 572 g/mol. The average molecular weight is 609 g/mol. The van der Waals surface area contributed by atoms with Gasteiger partial charge in [-0.25, -0.2) is 0 Å². The number of benzene rings is 2. The van der Waals surface area contributed by atoms with Gasteiger partial charge in [-0.15, -0.1) is 0 Å². The van der Waals surface area contributed by atoms with E-state index in [0.29, 0.717) is 59.0 Å². The first-order chi connectivity index (χ1) is 20.5. The molecule has 1 saturated heterocycles. The van der Waals surface area contributed by atoms with E-state index in [1.807, 2.05) is 38.1 Å². The summed E-state index contributed by atoms with van der Waals surface area (Å²) in [6, 6.07) is 13.8. The highest BCUT2D eigenvalue weighted by Crippen LogP contribution is 2.30. The van der Waals surface area contributed by atoms with Crippen molar-refractivity contribution in [3.05, 3.63) is 76.6 Å². The van der Waals surface area contributed by atoms with Crippen molar-refractivity contribution in [3.8, 4) is 17.2 Å². The fourth-order valence-corrected chi connectivity index (χ4v) is 5.48. The maximum absolute atomic E-state index is 13.4. The normalized spacial score (nSPS) is 19.5. The van der Waals surface area contributed by atoms with Crippen molar-refractivity contribution >= 4 is 29.3 Å². The first-order valence-corrected chi connectivity index (χ1v) is 14.8. The molecule has 4 bridgehead atoms. The van der Waals surface area contributed by atoms with Crippen LogP contribution in [0.5, 0.6) is 17.2 Å². The number of nitrogens with zero attached hydrogens (tertiary/aromatic N) is 3. The molecule has 11 heteroatoms. The molecule has 1 aromatic heterocycles. The molecule has 2 aromatic carbocycles. The molecule has 3 amide bonds. The molecule has 0 radical (unpaired) electrons. The number of hydrogen-bond acceptors (Lipinski definition) is 6. The van der Waals surface area contributed by atoms with Crippen LogP contribution in [-0.2, 0) is 23.2 Å². The van der Waals surface area contributed by atoms with Gasteiger partial charge in [0.1, 0.15) is 22.9 Å². The van der Waals surface area contributed by atoms with Gasteiger partial charge in [-0.1, -0.05) is 37.6 Å². The first-order valence-electron chi connectivity index (χ1n) is 14.4. The molecule has 10 nitrogen and oxygen atoms in total. The Kier molecular flexibility index (Phi) is 9.27. The minimum Gasteiger partial charge on any atom is -0.493 e. The van der Waals surface area contributed by atoms with Gasteiger partial charge in [0.25, 0.3) is 11.8 Å². The van der Waals surface area contributed by atoms with Crippen LogP contribution in [0.1, 0.15) is 46.7 Å². The number of ether oxygens (including phenoxy) is 3. The lowest BCUT2D eigenvalue weighted by Gasteiger charge is -2.39. The van der Waals surface area contributed by atoms with Crippen LogP contribution in [0.25, 0.3) is 0 Å². The standard InChI is InChI=1S/C32H37ClN4O6/c1-20(2)18-41-25-11-22-12-26(14-25)43-24-7-5-6-21(10-24)19-42-29-16-37(32(40)28-13-23(33)15-35(28)3)9-8-27(29)34-30(38)17-36(4)31(22)39/h5-7,10-15,20,27,29H,8-9,16-19H2,1-4H3,(H,34,38)/t27-,29-/m0/s1. The number of nitrogens with one attached hydrogen (secondary N) is 1. The van der Waals surface area contributed by atoms with Crippen LogP contribution in [0.4, 0.5) is 0 Å². The highest BCUT2D eigenvalue weighted by atomic mass is 35.5. The van der Waals surface area contributed by atoms with Crippen LogP contribution in [0.15, 0.2) is 54.7 Å². The zero-order valence-corrected chi connectivity index (χ0v) is 25.6. The molecule has 3 heterocycles. The third-order valence-electron chi connectivity index (χ3n) is 7.42. The quantitative estimate of drug-likeness (QED) is 0.468. The predicted molar refractivity (Wildman–Crippen MR) is 162 cm³/mol. The number of fused-ring (bicyclic) bond motifs is 5. The Morgan fingerprint density at radius 1 is 1.12 bits per heavy atom. The van der Waals surface area contributed by atoms with Gasteiger partial charge in [-0.05, 0) is 48.2 Å². The summed E-state index contributed by atoms with van der Waals surface area (Å²) < 4.78 is 20.2. The minimum absolute atomic E-state index is 0.154. The van der Waals surface area contributed by atoms with Crippen molar-refractivity contribution in [2.75, 3.05) is 33.3 Å². The molecule has 0 spiro atoms. The number of amides is 3. The molecular formula is C32H37ClN4O6. The lowest BCUT2D eigenvalue weighted by molar-refractivity contribution is -0.124. The molecule has 43 heavy (non-hydrogen) atoms. The molecule has 2 aliphatic heterocycles. The van der Waals surface area contributed by atoms with E-state index in [2.05, 4.69) is 5.32 Å². The van der Waals surface area contributed by atoms with Gasteiger partial charge in [0.05, 0.1) is 36.9 Å². The van der Waals surface area contributed by atoms with Gasteiger partial charge >= 0.3 is 0 Å². The average Bonchev–Trinajstić information content (AvgIpc) is 3.31. The molecule has 1 fully saturated rings. The third kappa shape index (κ3) is 7.50. The molecule has 0 aliphatic carbocycles. The molecule has 5 rings (SSSR count). The Morgan fingerprint density at radius 2 is 1.93 bits per heavy atom. The van der Waals surface area contributed by atoms with E-state index in [0.717, 1.165) is 5.56 Å². The van der Waals surface area contributed by atoms with Crippen molar-refractivity contribution in [1.29, 1.82) is 0 Å². The number of likely N-dealkylation sites (N-methyl/N-ethyl adjacent to an activating group) is 1. The topological polar surface area (TPSA) is 102 Å². The molecule has 1 N–H and O–H groups in total. The van der Waals surface area contributed by atoms with Gasteiger partial charge < -0.3 is 33.9 Å². The van der Waals surface area contributed by atoms with Gasteiger partial charge in [-0.2, -0.15) is 0 Å². The first kappa shape index (κ1) is 30.4. The molecule has 0 saturated carbocycles. The van der Waals surface area contributed by atoms with Gasteiger partial charge in [0.2, 0.25) is 5.91 Å². The van der Waals surface area contributed by atoms with Crippen molar-refractivity contribution in [3.63, 3.8) is 0 Å². The second-order valence-corrected chi connectivity index (χ2v) is 12.0. The zero-order chi connectivity index (χ0) is 30.7. The fourth-order valence-electron chi connectivity index (χ4n) is 5.23. The number of likely N-dealkylation sites (tertiary alicyclic amines) is 1. The Morgan fingerprint density at radius 3 is 2.67 bits per heavy atom. The largest absolute Gasteiger partial charge is 0.493 e. The SMILES string of the molecule is CC(C)COc1cc2cc(c1)C(=O)N(C)CC(=O)N[C@H]1CCN(C(=O)c3cc(Cl)cn3C)C[C@@H]1OCc1cccc(c1)O2. The smallest absolute Gasteiger partial charge is 0.270 e. The van der Waals surface area contributed by atoms with Crippen molar-refractivity contribution in [2.24, 2.45) is 13.0 Å². The summed E-state index contributed by atoms with van der Waals surface area (Å²) in [5, 5.41) is 3.54. The number of aromatic nitrogens is 1. The molecule has 0 unspecified atom stereocenters. The van der Waals surface area contributed by atoms with Gasteiger partial charge in [0, 0.05) is 45.0 Å². The summed E-state index contributed by atoms with van der Waals surface area (Å²) in [4.78, 5) is 43.0. The number of carbonyl (C=O) groups excluding carboxylic acids is 3. The monoisotopic (exact) mass is 608 g/mol. The number of rotatable bonds is 4. The Labute approximate surface area is 256 Å². The number of piperidine rings is 1. The Balaban J connectivity index is 1.42. The molecule has 3 aromatic rings. The highest BCUT2D eigenvalue weighted by molar-refractivity contribution is 6.31. The van der Waals surface area contributed by atoms with Gasteiger partial charge in [0.15, 0.2) is 0 Å². The van der Waals surface area contributed by atoms with Crippen LogP contribution < -0.4 is 14.8 Å². The Hall–Kier alpha value is -4.02. The predicted octanol–water partition coefficient (Wildman–Crippen LogP) is 4.51. The maximum Gasteiger partial charge on any atom is 0.270 e. The maximum atomic E-state index is 13.4.